The van der Waals surface area contributed by atoms with Gasteiger partial charge in [-0.25, -0.2) is 4.98 Å². The first kappa shape index (κ1) is 10.8. The number of halogens is 3. The van der Waals surface area contributed by atoms with Crippen LogP contribution in [0.15, 0.2) is 36.5 Å². The molecular formula is C11H7F3N4. The topological polar surface area (TPSA) is 46.5 Å². The number of H-pyrrole nitrogens is 1. The molecule has 0 aliphatic carbocycles. The lowest BCUT2D eigenvalue weighted by atomic mass is 10.3. The van der Waals surface area contributed by atoms with Crippen LogP contribution in [-0.4, -0.2) is 19.7 Å². The van der Waals surface area contributed by atoms with Gasteiger partial charge in [0.05, 0.1) is 17.2 Å². The SMILES string of the molecule is FC(F)(F)c1nc2ccccc2n1-c1ccn[nH]1. The summed E-state index contributed by atoms with van der Waals surface area (Å²) in [5, 5.41) is 6.18. The molecule has 0 saturated carbocycles. The molecule has 0 bridgehead atoms. The van der Waals surface area contributed by atoms with Gasteiger partial charge in [-0.2, -0.15) is 18.3 Å². The zero-order valence-electron chi connectivity index (χ0n) is 8.94. The normalized spacial score (nSPS) is 12.2. The van der Waals surface area contributed by atoms with Crippen molar-refractivity contribution < 1.29 is 13.2 Å². The van der Waals surface area contributed by atoms with Crippen LogP contribution < -0.4 is 0 Å². The summed E-state index contributed by atoms with van der Waals surface area (Å²) < 4.78 is 39.9. The van der Waals surface area contributed by atoms with Crippen molar-refractivity contribution in [2.75, 3.05) is 0 Å². The van der Waals surface area contributed by atoms with Gasteiger partial charge in [-0.05, 0) is 12.1 Å². The van der Waals surface area contributed by atoms with Crippen LogP contribution in [0, 0.1) is 0 Å². The quantitative estimate of drug-likeness (QED) is 0.723. The first-order chi connectivity index (χ1) is 8.57. The van der Waals surface area contributed by atoms with Crippen molar-refractivity contribution in [1.29, 1.82) is 0 Å². The number of fused-ring (bicyclic) bond motifs is 1. The Morgan fingerprint density at radius 1 is 1.11 bits per heavy atom. The number of benzene rings is 1. The lowest BCUT2D eigenvalue weighted by molar-refractivity contribution is -0.145. The molecule has 0 radical (unpaired) electrons. The number of para-hydroxylation sites is 2. The highest BCUT2D eigenvalue weighted by atomic mass is 19.4. The lowest BCUT2D eigenvalue weighted by Crippen LogP contribution is -2.14. The Bertz CT molecular complexity index is 682. The first-order valence-corrected chi connectivity index (χ1v) is 5.12. The summed E-state index contributed by atoms with van der Waals surface area (Å²) in [5.74, 6) is -0.732. The maximum atomic E-state index is 13.0. The minimum absolute atomic E-state index is 0.232. The molecule has 3 aromatic rings. The summed E-state index contributed by atoms with van der Waals surface area (Å²) in [7, 11) is 0. The molecule has 2 heterocycles. The van der Waals surface area contributed by atoms with Gasteiger partial charge >= 0.3 is 6.18 Å². The van der Waals surface area contributed by atoms with Crippen LogP contribution in [0.25, 0.3) is 16.9 Å². The Kier molecular flexibility index (Phi) is 2.16. The number of imidazole rings is 1. The molecule has 0 atom stereocenters. The van der Waals surface area contributed by atoms with Gasteiger partial charge in [0, 0.05) is 6.07 Å². The highest BCUT2D eigenvalue weighted by molar-refractivity contribution is 5.77. The van der Waals surface area contributed by atoms with E-state index in [1.165, 1.54) is 18.3 Å². The Hall–Kier alpha value is -2.31. The first-order valence-electron chi connectivity index (χ1n) is 5.12. The summed E-state index contributed by atoms with van der Waals surface area (Å²) in [6.45, 7) is 0. The largest absolute Gasteiger partial charge is 0.450 e. The van der Waals surface area contributed by atoms with Crippen molar-refractivity contribution in [2.24, 2.45) is 0 Å². The predicted molar refractivity (Wildman–Crippen MR) is 58.2 cm³/mol. The van der Waals surface area contributed by atoms with E-state index >= 15 is 0 Å². The maximum Gasteiger partial charge on any atom is 0.450 e. The summed E-state index contributed by atoms with van der Waals surface area (Å²) in [6, 6.07) is 7.89. The Morgan fingerprint density at radius 2 is 1.89 bits per heavy atom. The molecular weight excluding hydrogens is 245 g/mol. The van der Waals surface area contributed by atoms with Crippen molar-refractivity contribution in [3.8, 4) is 5.82 Å². The standard InChI is InChI=1S/C11H7F3N4/c12-11(13,14)10-16-7-3-1-2-4-8(7)18(10)9-5-6-15-17-9/h1-6H,(H,15,17). The third-order valence-electron chi connectivity index (χ3n) is 2.54. The molecule has 0 amide bonds. The van der Waals surface area contributed by atoms with E-state index in [-0.39, 0.29) is 5.82 Å². The highest BCUT2D eigenvalue weighted by Crippen LogP contribution is 2.32. The number of hydrogen-bond acceptors (Lipinski definition) is 2. The van der Waals surface area contributed by atoms with Gasteiger partial charge in [0.15, 0.2) is 0 Å². The molecule has 1 N–H and O–H groups in total. The number of alkyl halides is 3. The minimum atomic E-state index is -4.52. The van der Waals surface area contributed by atoms with Crippen LogP contribution in [0.2, 0.25) is 0 Å². The van der Waals surface area contributed by atoms with Crippen molar-refractivity contribution in [2.45, 2.75) is 6.18 Å². The molecule has 0 saturated heterocycles. The second-order valence-electron chi connectivity index (χ2n) is 3.70. The van der Waals surface area contributed by atoms with E-state index in [4.69, 9.17) is 0 Å². The fraction of sp³-hybridized carbons (Fsp3) is 0.0909. The van der Waals surface area contributed by atoms with Gasteiger partial charge in [0.25, 0.3) is 0 Å². The van der Waals surface area contributed by atoms with E-state index in [0.717, 1.165) is 4.57 Å². The minimum Gasteiger partial charge on any atom is -0.273 e. The maximum absolute atomic E-state index is 13.0. The van der Waals surface area contributed by atoms with Crippen LogP contribution in [-0.2, 0) is 6.18 Å². The molecule has 0 aliphatic rings. The molecule has 0 unspecified atom stereocenters. The zero-order valence-corrected chi connectivity index (χ0v) is 8.94. The zero-order chi connectivity index (χ0) is 12.8. The number of rotatable bonds is 1. The number of aromatic nitrogens is 4. The van der Waals surface area contributed by atoms with Crippen molar-refractivity contribution in [1.82, 2.24) is 19.7 Å². The molecule has 0 aliphatic heterocycles. The molecule has 0 fully saturated rings. The van der Waals surface area contributed by atoms with Gasteiger partial charge in [0.1, 0.15) is 5.82 Å². The lowest BCUT2D eigenvalue weighted by Gasteiger charge is -2.08. The Balaban J connectivity index is 2.39. The molecule has 2 aromatic heterocycles. The molecule has 3 rings (SSSR count). The third-order valence-corrected chi connectivity index (χ3v) is 2.54. The van der Waals surface area contributed by atoms with Crippen LogP contribution in [0.4, 0.5) is 13.2 Å². The highest BCUT2D eigenvalue weighted by Gasteiger charge is 2.38. The molecule has 18 heavy (non-hydrogen) atoms. The van der Waals surface area contributed by atoms with Gasteiger partial charge in [-0.15, -0.1) is 0 Å². The summed E-state index contributed by atoms with van der Waals surface area (Å²) in [5.41, 5.74) is 0.675. The average molecular weight is 252 g/mol. The third kappa shape index (κ3) is 1.55. The van der Waals surface area contributed by atoms with Gasteiger partial charge in [-0.3, -0.25) is 9.67 Å². The van der Waals surface area contributed by atoms with Crippen LogP contribution in [0.5, 0.6) is 0 Å². The second-order valence-corrected chi connectivity index (χ2v) is 3.70. The number of nitrogens with one attached hydrogen (secondary N) is 1. The monoisotopic (exact) mass is 252 g/mol. The van der Waals surface area contributed by atoms with Gasteiger partial charge in [0.2, 0.25) is 5.82 Å². The number of hydrogen-bond donors (Lipinski definition) is 1. The fourth-order valence-electron chi connectivity index (χ4n) is 1.83. The van der Waals surface area contributed by atoms with E-state index in [9.17, 15) is 13.2 Å². The van der Waals surface area contributed by atoms with Crippen molar-refractivity contribution >= 4 is 11.0 Å². The number of aromatic amines is 1. The van der Waals surface area contributed by atoms with Crippen LogP contribution in [0.3, 0.4) is 0 Å². The van der Waals surface area contributed by atoms with Crippen LogP contribution in [0.1, 0.15) is 5.82 Å². The average Bonchev–Trinajstić information content (AvgIpc) is 2.94. The Labute approximate surface area is 99.1 Å². The summed E-state index contributed by atoms with van der Waals surface area (Å²) in [4.78, 5) is 3.63. The van der Waals surface area contributed by atoms with Crippen molar-refractivity contribution in [3.63, 3.8) is 0 Å². The molecule has 1 aromatic carbocycles. The molecule has 4 nitrogen and oxygen atoms in total. The smallest absolute Gasteiger partial charge is 0.273 e. The predicted octanol–water partition coefficient (Wildman–Crippen LogP) is 2.77. The van der Waals surface area contributed by atoms with Crippen molar-refractivity contribution in [3.05, 3.63) is 42.4 Å². The van der Waals surface area contributed by atoms with E-state index in [1.54, 1.807) is 18.2 Å². The second kappa shape index (κ2) is 3.59. The van der Waals surface area contributed by atoms with E-state index in [2.05, 4.69) is 15.2 Å². The van der Waals surface area contributed by atoms with E-state index in [0.29, 0.717) is 11.0 Å². The summed E-state index contributed by atoms with van der Waals surface area (Å²) in [6.07, 6.45) is -3.13. The molecule has 7 heteroatoms. The van der Waals surface area contributed by atoms with Gasteiger partial charge in [-0.1, -0.05) is 12.1 Å². The Morgan fingerprint density at radius 3 is 2.56 bits per heavy atom. The van der Waals surface area contributed by atoms with E-state index < -0.39 is 12.0 Å². The van der Waals surface area contributed by atoms with E-state index in [1.807, 2.05) is 0 Å². The molecule has 0 spiro atoms. The van der Waals surface area contributed by atoms with Crippen LogP contribution >= 0.6 is 0 Å². The number of nitrogens with zero attached hydrogens (tertiary/aromatic N) is 3. The fourth-order valence-corrected chi connectivity index (χ4v) is 1.83. The van der Waals surface area contributed by atoms with Gasteiger partial charge < -0.3 is 0 Å². The summed E-state index contributed by atoms with van der Waals surface area (Å²) >= 11 is 0. The molecule has 92 valence electrons.